The van der Waals surface area contributed by atoms with Gasteiger partial charge in [0.2, 0.25) is 0 Å². The van der Waals surface area contributed by atoms with Gasteiger partial charge in [0.1, 0.15) is 6.04 Å². The summed E-state index contributed by atoms with van der Waals surface area (Å²) in [7, 11) is 1.98. The van der Waals surface area contributed by atoms with E-state index in [1.165, 1.54) is 6.92 Å². The Kier molecular flexibility index (Phi) is 7.53. The van der Waals surface area contributed by atoms with Gasteiger partial charge in [-0.25, -0.2) is 4.79 Å². The number of methoxy groups -OCH3 is 2. The summed E-state index contributed by atoms with van der Waals surface area (Å²) < 4.78 is 46.7. The molecule has 0 heterocycles. The molecule has 2 N–H and O–H groups in total. The van der Waals surface area contributed by atoms with E-state index in [1.54, 1.807) is 0 Å². The van der Waals surface area contributed by atoms with E-state index >= 15 is 0 Å². The number of rotatable bonds is 7. The number of esters is 2. The molecule has 0 aliphatic heterocycles. The number of ether oxygens (including phenoxy) is 2. The first-order valence-electron chi connectivity index (χ1n) is 7.80. The normalized spacial score (nSPS) is 13.4. The Morgan fingerprint density at radius 2 is 1.46 bits per heavy atom. The number of halogens is 3. The lowest BCUT2D eigenvalue weighted by atomic mass is 9.87. The molecule has 0 spiro atoms. The molecule has 1 aromatic carbocycles. The first-order valence-corrected chi connectivity index (χ1v) is 7.80. The maximum Gasteiger partial charge on any atom is 0.416 e. The fourth-order valence-electron chi connectivity index (χ4n) is 2.43. The molecule has 1 aromatic rings. The van der Waals surface area contributed by atoms with Crippen molar-refractivity contribution in [3.8, 4) is 0 Å². The molecule has 1 rings (SSSR count). The fourth-order valence-corrected chi connectivity index (χ4v) is 2.43. The van der Waals surface area contributed by atoms with Crippen LogP contribution in [0.2, 0.25) is 0 Å². The molecular weight excluding hydrogens is 387 g/mol. The summed E-state index contributed by atoms with van der Waals surface area (Å²) in [5.41, 5.74) is -1.22. The number of carboxylic acid groups (broad SMARTS) is 1. The number of aliphatic carboxylic acids is 1. The zero-order chi connectivity index (χ0) is 21.6. The summed E-state index contributed by atoms with van der Waals surface area (Å²) in [6, 6.07) is 1.36. The summed E-state index contributed by atoms with van der Waals surface area (Å²) in [5, 5.41) is 11.5. The summed E-state index contributed by atoms with van der Waals surface area (Å²) in [4.78, 5) is 47.5. The molecule has 28 heavy (non-hydrogen) atoms. The molecule has 0 unspecified atom stereocenters. The lowest BCUT2D eigenvalue weighted by molar-refractivity contribution is -0.162. The number of hydrogen-bond donors (Lipinski definition) is 2. The van der Waals surface area contributed by atoms with Crippen LogP contribution in [0.4, 0.5) is 13.2 Å². The zero-order valence-corrected chi connectivity index (χ0v) is 15.1. The molecule has 0 bridgehead atoms. The van der Waals surface area contributed by atoms with Crippen molar-refractivity contribution < 1.29 is 46.9 Å². The van der Waals surface area contributed by atoms with Crippen LogP contribution in [-0.2, 0) is 30.0 Å². The second kappa shape index (κ2) is 9.20. The largest absolute Gasteiger partial charge is 0.480 e. The van der Waals surface area contributed by atoms with Crippen molar-refractivity contribution >= 4 is 23.8 Å². The molecule has 11 heteroatoms. The Morgan fingerprint density at radius 3 is 1.82 bits per heavy atom. The third kappa shape index (κ3) is 5.44. The predicted molar refractivity (Wildman–Crippen MR) is 87.0 cm³/mol. The van der Waals surface area contributed by atoms with Crippen LogP contribution in [0.5, 0.6) is 0 Å². The molecule has 0 aliphatic carbocycles. The number of amides is 1. The maximum atomic E-state index is 12.6. The molecule has 8 nitrogen and oxygen atoms in total. The SMILES string of the molecule is COC(=O)C(C(=O)OC)[C@H](C)[C@@H](NC(=O)c1ccc(C(F)(F)F)cc1)C(=O)O. The van der Waals surface area contributed by atoms with Crippen molar-refractivity contribution in [2.45, 2.75) is 19.1 Å². The van der Waals surface area contributed by atoms with Crippen LogP contribution in [0.15, 0.2) is 24.3 Å². The van der Waals surface area contributed by atoms with Gasteiger partial charge in [0.25, 0.3) is 5.91 Å². The molecular formula is C17H18F3NO7. The minimum Gasteiger partial charge on any atom is -0.480 e. The molecule has 0 fully saturated rings. The monoisotopic (exact) mass is 405 g/mol. The highest BCUT2D eigenvalue weighted by molar-refractivity contribution is 5.98. The van der Waals surface area contributed by atoms with Crippen LogP contribution in [0, 0.1) is 11.8 Å². The van der Waals surface area contributed by atoms with Crippen LogP contribution in [-0.4, -0.2) is 49.2 Å². The lowest BCUT2D eigenvalue weighted by Gasteiger charge is -2.26. The van der Waals surface area contributed by atoms with Crippen LogP contribution >= 0.6 is 0 Å². The third-order valence-electron chi connectivity index (χ3n) is 3.99. The van der Waals surface area contributed by atoms with Crippen molar-refractivity contribution in [1.29, 1.82) is 0 Å². The van der Waals surface area contributed by atoms with Gasteiger partial charge in [0.15, 0.2) is 5.92 Å². The van der Waals surface area contributed by atoms with E-state index in [1.807, 2.05) is 0 Å². The number of carbonyl (C=O) groups excluding carboxylic acids is 3. The molecule has 2 atom stereocenters. The number of hydrogen-bond acceptors (Lipinski definition) is 6. The van der Waals surface area contributed by atoms with E-state index < -0.39 is 53.4 Å². The van der Waals surface area contributed by atoms with Gasteiger partial charge in [-0.1, -0.05) is 6.92 Å². The molecule has 1 amide bonds. The highest BCUT2D eigenvalue weighted by Gasteiger charge is 2.42. The molecule has 0 saturated carbocycles. The van der Waals surface area contributed by atoms with E-state index in [-0.39, 0.29) is 5.56 Å². The fraction of sp³-hybridized carbons (Fsp3) is 0.412. The summed E-state index contributed by atoms with van der Waals surface area (Å²) in [5.74, 6) is -7.60. The Balaban J connectivity index is 3.08. The lowest BCUT2D eigenvalue weighted by Crippen LogP contribution is -2.50. The van der Waals surface area contributed by atoms with Crippen LogP contribution < -0.4 is 5.32 Å². The highest BCUT2D eigenvalue weighted by atomic mass is 19.4. The quantitative estimate of drug-likeness (QED) is 0.521. The van der Waals surface area contributed by atoms with Gasteiger partial charge in [-0.15, -0.1) is 0 Å². The van der Waals surface area contributed by atoms with E-state index in [9.17, 15) is 37.5 Å². The van der Waals surface area contributed by atoms with Crippen LogP contribution in [0.3, 0.4) is 0 Å². The number of benzene rings is 1. The Bertz CT molecular complexity index is 730. The van der Waals surface area contributed by atoms with E-state index in [4.69, 9.17) is 0 Å². The highest BCUT2D eigenvalue weighted by Crippen LogP contribution is 2.29. The van der Waals surface area contributed by atoms with E-state index in [0.29, 0.717) is 12.1 Å². The van der Waals surface area contributed by atoms with Crippen molar-refractivity contribution in [1.82, 2.24) is 5.32 Å². The Morgan fingerprint density at radius 1 is 1.00 bits per heavy atom. The Labute approximate surface area is 157 Å². The van der Waals surface area contributed by atoms with Crippen molar-refractivity contribution in [3.63, 3.8) is 0 Å². The van der Waals surface area contributed by atoms with Gasteiger partial charge >= 0.3 is 24.1 Å². The first kappa shape index (κ1) is 22.9. The van der Waals surface area contributed by atoms with Crippen molar-refractivity contribution in [2.24, 2.45) is 11.8 Å². The van der Waals surface area contributed by atoms with E-state index in [0.717, 1.165) is 26.4 Å². The smallest absolute Gasteiger partial charge is 0.416 e. The Hall–Kier alpha value is -3.11. The number of carboxylic acids is 1. The topological polar surface area (TPSA) is 119 Å². The number of nitrogens with one attached hydrogen (secondary N) is 1. The van der Waals surface area contributed by atoms with E-state index in [2.05, 4.69) is 14.8 Å². The zero-order valence-electron chi connectivity index (χ0n) is 15.1. The van der Waals surface area contributed by atoms with Gasteiger partial charge < -0.3 is 19.9 Å². The minimum atomic E-state index is -4.60. The molecule has 0 aromatic heterocycles. The van der Waals surface area contributed by atoms with Gasteiger partial charge in [-0.2, -0.15) is 13.2 Å². The number of alkyl halides is 3. The second-order valence-corrected chi connectivity index (χ2v) is 5.75. The molecule has 0 radical (unpaired) electrons. The predicted octanol–water partition coefficient (Wildman–Crippen LogP) is 1.49. The van der Waals surface area contributed by atoms with Crippen molar-refractivity contribution in [3.05, 3.63) is 35.4 Å². The van der Waals surface area contributed by atoms with Crippen LogP contribution in [0.25, 0.3) is 0 Å². The number of carbonyl (C=O) groups is 4. The average molecular weight is 405 g/mol. The summed E-state index contributed by atoms with van der Waals surface area (Å²) in [6.45, 7) is 1.21. The molecule has 154 valence electrons. The van der Waals surface area contributed by atoms with Gasteiger partial charge in [-0.05, 0) is 24.3 Å². The average Bonchev–Trinajstić information content (AvgIpc) is 2.64. The minimum absolute atomic E-state index is 0.237. The standard InChI is InChI=1S/C17H18F3NO7/c1-8(11(15(25)27-2)16(26)28-3)12(14(23)24)21-13(22)9-4-6-10(7-5-9)17(18,19)20/h4-8,11-12H,1-3H3,(H,21,22)(H,23,24)/t8-,12+/m0/s1. The van der Waals surface area contributed by atoms with Gasteiger partial charge in [0, 0.05) is 11.5 Å². The summed E-state index contributed by atoms with van der Waals surface area (Å²) >= 11 is 0. The summed E-state index contributed by atoms with van der Waals surface area (Å²) in [6.07, 6.45) is -4.60. The second-order valence-electron chi connectivity index (χ2n) is 5.75. The first-order chi connectivity index (χ1) is 12.9. The van der Waals surface area contributed by atoms with Gasteiger partial charge in [0.05, 0.1) is 19.8 Å². The van der Waals surface area contributed by atoms with Crippen molar-refractivity contribution in [2.75, 3.05) is 14.2 Å². The molecule has 0 saturated heterocycles. The maximum absolute atomic E-state index is 12.6. The van der Waals surface area contributed by atoms with Crippen LogP contribution in [0.1, 0.15) is 22.8 Å². The third-order valence-corrected chi connectivity index (χ3v) is 3.99. The van der Waals surface area contributed by atoms with Gasteiger partial charge in [-0.3, -0.25) is 14.4 Å². The molecule has 0 aliphatic rings.